The van der Waals surface area contributed by atoms with Gasteiger partial charge in [0.2, 0.25) is 0 Å². The molecule has 3 rings (SSSR count). The third-order valence-corrected chi connectivity index (χ3v) is 4.98. The Morgan fingerprint density at radius 1 is 1.13 bits per heavy atom. The number of benzene rings is 1. The molecule has 0 amide bonds. The van der Waals surface area contributed by atoms with Gasteiger partial charge in [0, 0.05) is 22.9 Å². The van der Waals surface area contributed by atoms with Crippen molar-refractivity contribution in [3.8, 4) is 11.5 Å². The standard InChI is InChI=1S/C17H18N2O3S/c1-12-5-4-6-17-18-13(10-19(12)17)11-23(20)14-7-8-15(21-2)16(9-14)22-3/h4-10H,11H2,1-3H3. The zero-order valence-corrected chi connectivity index (χ0v) is 14.1. The first-order valence-electron chi connectivity index (χ1n) is 7.16. The summed E-state index contributed by atoms with van der Waals surface area (Å²) in [6.07, 6.45) is 1.93. The van der Waals surface area contributed by atoms with Crippen LogP contribution in [-0.2, 0) is 16.6 Å². The summed E-state index contributed by atoms with van der Waals surface area (Å²) in [5.41, 5.74) is 2.76. The normalized spacial score (nSPS) is 12.3. The van der Waals surface area contributed by atoms with E-state index in [2.05, 4.69) is 4.98 Å². The maximum absolute atomic E-state index is 12.6. The molecule has 0 radical (unpaired) electrons. The van der Waals surface area contributed by atoms with Crippen LogP contribution in [0.2, 0.25) is 0 Å². The summed E-state index contributed by atoms with van der Waals surface area (Å²) in [6.45, 7) is 2.02. The zero-order chi connectivity index (χ0) is 16.4. The van der Waals surface area contributed by atoms with Crippen molar-refractivity contribution in [1.29, 1.82) is 0 Å². The van der Waals surface area contributed by atoms with E-state index in [1.165, 1.54) is 0 Å². The number of nitrogens with zero attached hydrogens (tertiary/aromatic N) is 2. The number of pyridine rings is 1. The second-order valence-electron chi connectivity index (χ2n) is 5.13. The Balaban J connectivity index is 1.87. The van der Waals surface area contributed by atoms with Crippen molar-refractivity contribution in [2.45, 2.75) is 17.6 Å². The smallest absolute Gasteiger partial charge is 0.161 e. The SMILES string of the molecule is COc1ccc(S(=O)Cc2cn3c(C)cccc3n2)cc1OC. The fourth-order valence-corrected chi connectivity index (χ4v) is 3.48. The van der Waals surface area contributed by atoms with Gasteiger partial charge in [-0.3, -0.25) is 4.21 Å². The summed E-state index contributed by atoms with van der Waals surface area (Å²) < 4.78 is 25.1. The first-order chi connectivity index (χ1) is 11.1. The largest absolute Gasteiger partial charge is 0.493 e. The summed E-state index contributed by atoms with van der Waals surface area (Å²) in [5.74, 6) is 1.55. The highest BCUT2D eigenvalue weighted by Crippen LogP contribution is 2.29. The highest BCUT2D eigenvalue weighted by atomic mass is 32.2. The van der Waals surface area contributed by atoms with Gasteiger partial charge in [-0.05, 0) is 31.2 Å². The fourth-order valence-electron chi connectivity index (χ4n) is 2.44. The number of fused-ring (bicyclic) bond motifs is 1. The molecule has 23 heavy (non-hydrogen) atoms. The van der Waals surface area contributed by atoms with E-state index in [1.54, 1.807) is 32.4 Å². The molecule has 5 nitrogen and oxygen atoms in total. The van der Waals surface area contributed by atoms with Crippen LogP contribution in [-0.4, -0.2) is 27.8 Å². The van der Waals surface area contributed by atoms with E-state index in [4.69, 9.17) is 9.47 Å². The molecule has 0 N–H and O–H groups in total. The summed E-state index contributed by atoms with van der Waals surface area (Å²) in [7, 11) is 1.94. The van der Waals surface area contributed by atoms with Gasteiger partial charge in [0.05, 0.1) is 36.5 Å². The van der Waals surface area contributed by atoms with E-state index in [1.807, 2.05) is 35.7 Å². The molecule has 2 heterocycles. The van der Waals surface area contributed by atoms with Crippen molar-refractivity contribution in [3.63, 3.8) is 0 Å². The molecule has 1 unspecified atom stereocenters. The molecular weight excluding hydrogens is 312 g/mol. The van der Waals surface area contributed by atoms with Gasteiger partial charge in [0.1, 0.15) is 5.65 Å². The first-order valence-corrected chi connectivity index (χ1v) is 8.48. The van der Waals surface area contributed by atoms with Crippen molar-refractivity contribution in [1.82, 2.24) is 9.38 Å². The Labute approximate surface area is 137 Å². The molecule has 6 heteroatoms. The van der Waals surface area contributed by atoms with E-state index >= 15 is 0 Å². The van der Waals surface area contributed by atoms with E-state index in [-0.39, 0.29) is 0 Å². The van der Waals surface area contributed by atoms with Crippen LogP contribution in [0, 0.1) is 6.92 Å². The number of aryl methyl sites for hydroxylation is 1. The van der Waals surface area contributed by atoms with Gasteiger partial charge in [0.25, 0.3) is 0 Å². The van der Waals surface area contributed by atoms with Crippen molar-refractivity contribution in [2.75, 3.05) is 14.2 Å². The van der Waals surface area contributed by atoms with Crippen LogP contribution in [0.25, 0.3) is 5.65 Å². The highest BCUT2D eigenvalue weighted by molar-refractivity contribution is 7.84. The number of ether oxygens (including phenoxy) is 2. The van der Waals surface area contributed by atoms with E-state index in [9.17, 15) is 4.21 Å². The summed E-state index contributed by atoms with van der Waals surface area (Å²) in [4.78, 5) is 5.22. The molecule has 1 aromatic carbocycles. The van der Waals surface area contributed by atoms with Gasteiger partial charge >= 0.3 is 0 Å². The zero-order valence-electron chi connectivity index (χ0n) is 13.3. The molecule has 120 valence electrons. The summed E-state index contributed by atoms with van der Waals surface area (Å²) in [5, 5.41) is 0. The van der Waals surface area contributed by atoms with Crippen molar-refractivity contribution < 1.29 is 13.7 Å². The number of rotatable bonds is 5. The Morgan fingerprint density at radius 2 is 1.91 bits per heavy atom. The number of imidazole rings is 1. The molecule has 0 aliphatic rings. The monoisotopic (exact) mass is 330 g/mol. The van der Waals surface area contributed by atoms with E-state index in [0.717, 1.165) is 17.0 Å². The second-order valence-corrected chi connectivity index (χ2v) is 6.59. The lowest BCUT2D eigenvalue weighted by atomic mass is 10.3. The minimum Gasteiger partial charge on any atom is -0.493 e. The molecule has 3 aromatic rings. The molecule has 0 spiro atoms. The third-order valence-electron chi connectivity index (χ3n) is 3.64. The summed E-state index contributed by atoms with van der Waals surface area (Å²) in [6, 6.07) is 11.2. The topological polar surface area (TPSA) is 52.8 Å². The Morgan fingerprint density at radius 3 is 2.61 bits per heavy atom. The van der Waals surface area contributed by atoms with Crippen LogP contribution >= 0.6 is 0 Å². The van der Waals surface area contributed by atoms with Gasteiger partial charge in [0.15, 0.2) is 11.5 Å². The number of hydrogen-bond donors (Lipinski definition) is 0. The minimum absolute atomic E-state index is 0.358. The second kappa shape index (κ2) is 6.42. The highest BCUT2D eigenvalue weighted by Gasteiger charge is 2.12. The minimum atomic E-state index is -1.20. The Hall–Kier alpha value is -2.34. The van der Waals surface area contributed by atoms with Crippen molar-refractivity contribution in [2.24, 2.45) is 0 Å². The number of hydrogen-bond acceptors (Lipinski definition) is 4. The number of aromatic nitrogens is 2. The van der Waals surface area contributed by atoms with Crippen LogP contribution in [0.4, 0.5) is 0 Å². The van der Waals surface area contributed by atoms with Crippen LogP contribution in [0.1, 0.15) is 11.4 Å². The average molecular weight is 330 g/mol. The van der Waals surface area contributed by atoms with Crippen LogP contribution in [0.5, 0.6) is 11.5 Å². The lowest BCUT2D eigenvalue weighted by Gasteiger charge is -2.09. The van der Waals surface area contributed by atoms with E-state index < -0.39 is 10.8 Å². The van der Waals surface area contributed by atoms with Crippen LogP contribution in [0.15, 0.2) is 47.5 Å². The van der Waals surface area contributed by atoms with Gasteiger partial charge in [-0.2, -0.15) is 0 Å². The Kier molecular flexibility index (Phi) is 4.34. The van der Waals surface area contributed by atoms with Gasteiger partial charge < -0.3 is 13.9 Å². The average Bonchev–Trinajstić information content (AvgIpc) is 2.98. The molecule has 0 bridgehead atoms. The molecule has 0 fully saturated rings. The lowest BCUT2D eigenvalue weighted by molar-refractivity contribution is 0.354. The molecule has 1 atom stereocenters. The molecule has 2 aromatic heterocycles. The maximum Gasteiger partial charge on any atom is 0.161 e. The number of methoxy groups -OCH3 is 2. The molecule has 0 saturated carbocycles. The van der Waals surface area contributed by atoms with Gasteiger partial charge in [-0.1, -0.05) is 6.07 Å². The van der Waals surface area contributed by atoms with Crippen LogP contribution in [0.3, 0.4) is 0 Å². The molecular formula is C17H18N2O3S. The molecule has 0 aliphatic carbocycles. The van der Waals surface area contributed by atoms with Crippen molar-refractivity contribution >= 4 is 16.4 Å². The van der Waals surface area contributed by atoms with Gasteiger partial charge in [-0.25, -0.2) is 4.98 Å². The Bertz CT molecular complexity index is 873. The molecule has 0 aliphatic heterocycles. The predicted octanol–water partition coefficient (Wildman–Crippen LogP) is 2.97. The van der Waals surface area contributed by atoms with Crippen LogP contribution < -0.4 is 9.47 Å². The summed E-state index contributed by atoms with van der Waals surface area (Å²) >= 11 is 0. The lowest BCUT2D eigenvalue weighted by Crippen LogP contribution is -1.98. The first kappa shape index (κ1) is 15.6. The fraction of sp³-hybridized carbons (Fsp3) is 0.235. The molecule has 0 saturated heterocycles. The van der Waals surface area contributed by atoms with Crippen molar-refractivity contribution in [3.05, 3.63) is 54.0 Å². The maximum atomic E-state index is 12.6. The van der Waals surface area contributed by atoms with E-state index in [0.29, 0.717) is 22.1 Å². The quantitative estimate of drug-likeness (QED) is 0.722. The third kappa shape index (κ3) is 3.07. The predicted molar refractivity (Wildman–Crippen MR) is 89.6 cm³/mol. The van der Waals surface area contributed by atoms with Gasteiger partial charge in [-0.15, -0.1) is 0 Å².